The van der Waals surface area contributed by atoms with Gasteiger partial charge in [0.15, 0.2) is 5.66 Å². The Balaban J connectivity index is 1.54. The van der Waals surface area contributed by atoms with Crippen molar-refractivity contribution in [3.63, 3.8) is 0 Å². The maximum atomic E-state index is 13.3. The van der Waals surface area contributed by atoms with Crippen LogP contribution in [0.1, 0.15) is 51.7 Å². The number of hydrogen-bond acceptors (Lipinski definition) is 5. The van der Waals surface area contributed by atoms with E-state index in [0.29, 0.717) is 35.8 Å². The molecule has 33 heavy (non-hydrogen) atoms. The van der Waals surface area contributed by atoms with Crippen LogP contribution < -0.4 is 0 Å². The molecule has 4 rings (SSSR count). The predicted molar refractivity (Wildman–Crippen MR) is 139 cm³/mol. The lowest BCUT2D eigenvalue weighted by Gasteiger charge is -2.34. The van der Waals surface area contributed by atoms with Gasteiger partial charge in [0.25, 0.3) is 0 Å². The number of benzene rings is 2. The first-order chi connectivity index (χ1) is 15.5. The highest BCUT2D eigenvalue weighted by molar-refractivity contribution is 8.15. The quantitative estimate of drug-likeness (QED) is 0.531. The van der Waals surface area contributed by atoms with Crippen LogP contribution in [0.15, 0.2) is 63.4 Å². The number of nitrogens with zero attached hydrogens (tertiary/aromatic N) is 3. The molecule has 0 atom stereocenters. The van der Waals surface area contributed by atoms with E-state index in [1.807, 2.05) is 36.4 Å². The van der Waals surface area contributed by atoms with Crippen LogP contribution in [-0.2, 0) is 15.4 Å². The van der Waals surface area contributed by atoms with Crippen LogP contribution in [0.25, 0.3) is 0 Å². The molecule has 1 fully saturated rings. The van der Waals surface area contributed by atoms with Gasteiger partial charge in [-0.25, -0.2) is 13.4 Å². The second-order valence-electron chi connectivity index (χ2n) is 9.48. The molecule has 176 valence electrons. The Morgan fingerprint density at radius 1 is 1.00 bits per heavy atom. The minimum atomic E-state index is -3.55. The molecule has 5 nitrogen and oxygen atoms in total. The van der Waals surface area contributed by atoms with Crippen molar-refractivity contribution < 1.29 is 8.42 Å². The molecule has 2 aliphatic rings. The van der Waals surface area contributed by atoms with Gasteiger partial charge < -0.3 is 0 Å². The van der Waals surface area contributed by atoms with Gasteiger partial charge in [-0.15, -0.1) is 11.8 Å². The zero-order valence-electron chi connectivity index (χ0n) is 19.5. The highest BCUT2D eigenvalue weighted by Gasteiger charge is 2.42. The van der Waals surface area contributed by atoms with E-state index in [9.17, 15) is 8.42 Å². The standard InChI is InChI=1S/C25H30ClN3O2S2/c1-5-32-23-22(18-6-10-20(26)11-7-18)27-25(28-23)14-16-29(17-15-25)33(30,31)21-12-8-19(9-13-21)24(2,3)4/h6-13H,5,14-17H2,1-4H3. The van der Waals surface area contributed by atoms with Gasteiger partial charge in [-0.05, 0) is 41.0 Å². The molecule has 1 spiro atoms. The minimum absolute atomic E-state index is 0.0196. The van der Waals surface area contributed by atoms with Gasteiger partial charge in [-0.2, -0.15) is 4.31 Å². The van der Waals surface area contributed by atoms with E-state index in [0.717, 1.165) is 27.6 Å². The predicted octanol–water partition coefficient (Wildman–Crippen LogP) is 5.77. The Morgan fingerprint density at radius 3 is 2.15 bits per heavy atom. The summed E-state index contributed by atoms with van der Waals surface area (Å²) >= 11 is 7.73. The summed E-state index contributed by atoms with van der Waals surface area (Å²) in [5, 5.41) is 1.61. The van der Waals surface area contributed by atoms with Crippen LogP contribution >= 0.6 is 23.4 Å². The van der Waals surface area contributed by atoms with Crippen molar-refractivity contribution in [3.8, 4) is 0 Å². The largest absolute Gasteiger partial charge is 0.252 e. The molecule has 2 aromatic rings. The summed E-state index contributed by atoms with van der Waals surface area (Å²) in [6.45, 7) is 9.24. The lowest BCUT2D eigenvalue weighted by molar-refractivity contribution is 0.249. The van der Waals surface area contributed by atoms with Crippen molar-refractivity contribution in [2.75, 3.05) is 18.8 Å². The first kappa shape index (κ1) is 24.5. The second-order valence-corrected chi connectivity index (χ2v) is 13.1. The summed E-state index contributed by atoms with van der Waals surface area (Å²) in [5.41, 5.74) is 2.38. The van der Waals surface area contributed by atoms with E-state index in [2.05, 4.69) is 27.7 Å². The number of hydrogen-bond donors (Lipinski definition) is 0. The van der Waals surface area contributed by atoms with Crippen molar-refractivity contribution in [1.82, 2.24) is 4.31 Å². The summed E-state index contributed by atoms with van der Waals surface area (Å²) < 4.78 is 28.1. The first-order valence-corrected chi connectivity index (χ1v) is 14.0. The van der Waals surface area contributed by atoms with Gasteiger partial charge >= 0.3 is 0 Å². The van der Waals surface area contributed by atoms with E-state index in [1.165, 1.54) is 0 Å². The Labute approximate surface area is 206 Å². The second kappa shape index (κ2) is 9.17. The van der Waals surface area contributed by atoms with Crippen molar-refractivity contribution in [1.29, 1.82) is 0 Å². The van der Waals surface area contributed by atoms with Gasteiger partial charge in [0.2, 0.25) is 10.0 Å². The van der Waals surface area contributed by atoms with E-state index in [4.69, 9.17) is 21.6 Å². The van der Waals surface area contributed by atoms with Gasteiger partial charge in [-0.3, -0.25) is 4.99 Å². The number of aliphatic imine (C=N–C) groups is 2. The minimum Gasteiger partial charge on any atom is -0.252 e. The van der Waals surface area contributed by atoms with Crippen LogP contribution in [0.2, 0.25) is 5.02 Å². The van der Waals surface area contributed by atoms with Crippen molar-refractivity contribution in [2.24, 2.45) is 9.98 Å². The molecule has 8 heteroatoms. The number of rotatable bonds is 4. The Hall–Kier alpha value is -1.67. The molecule has 0 aromatic heterocycles. The summed E-state index contributed by atoms with van der Waals surface area (Å²) in [7, 11) is -3.55. The molecule has 2 heterocycles. The summed E-state index contributed by atoms with van der Waals surface area (Å²) in [6, 6.07) is 14.9. The zero-order valence-corrected chi connectivity index (χ0v) is 21.9. The van der Waals surface area contributed by atoms with Crippen LogP contribution in [0.5, 0.6) is 0 Å². The van der Waals surface area contributed by atoms with E-state index >= 15 is 0 Å². The number of piperidine rings is 1. The van der Waals surface area contributed by atoms with Gasteiger partial charge in [-0.1, -0.05) is 63.6 Å². The zero-order chi connectivity index (χ0) is 23.9. The van der Waals surface area contributed by atoms with E-state index < -0.39 is 15.7 Å². The molecule has 0 amide bonds. The molecule has 2 aromatic carbocycles. The lowest BCUT2D eigenvalue weighted by Crippen LogP contribution is -2.44. The molecule has 0 saturated carbocycles. The number of thioether (sulfide) groups is 1. The van der Waals surface area contributed by atoms with Crippen molar-refractivity contribution in [3.05, 3.63) is 64.7 Å². The van der Waals surface area contributed by atoms with Crippen LogP contribution in [0.3, 0.4) is 0 Å². The SMILES string of the molecule is CCSC1=NC2(CCN(S(=O)(=O)c3ccc(C(C)(C)C)cc3)CC2)N=C1c1ccc(Cl)cc1. The average molecular weight is 504 g/mol. The fraction of sp³-hybridized carbons (Fsp3) is 0.440. The fourth-order valence-corrected chi connectivity index (χ4v) is 6.52. The third-order valence-electron chi connectivity index (χ3n) is 6.11. The molecular formula is C25H30ClN3O2S2. The molecule has 0 aliphatic carbocycles. The third kappa shape index (κ3) is 5.06. The maximum Gasteiger partial charge on any atom is 0.243 e. The monoisotopic (exact) mass is 503 g/mol. The lowest BCUT2D eigenvalue weighted by atomic mass is 9.87. The Morgan fingerprint density at radius 2 is 1.61 bits per heavy atom. The summed E-state index contributed by atoms with van der Waals surface area (Å²) in [4.78, 5) is 10.4. The van der Waals surface area contributed by atoms with E-state index in [1.54, 1.807) is 28.2 Å². The highest BCUT2D eigenvalue weighted by Crippen LogP contribution is 2.37. The van der Waals surface area contributed by atoms with E-state index in [-0.39, 0.29) is 5.41 Å². The molecule has 1 saturated heterocycles. The molecule has 0 bridgehead atoms. The number of sulfonamides is 1. The van der Waals surface area contributed by atoms with Crippen LogP contribution in [-0.4, -0.2) is 48.0 Å². The van der Waals surface area contributed by atoms with Gasteiger partial charge in [0.05, 0.1) is 10.6 Å². The van der Waals surface area contributed by atoms with Gasteiger partial charge in [0.1, 0.15) is 5.04 Å². The molecule has 2 aliphatic heterocycles. The molecule has 0 radical (unpaired) electrons. The topological polar surface area (TPSA) is 62.1 Å². The van der Waals surface area contributed by atoms with Gasteiger partial charge in [0, 0.05) is 36.5 Å². The highest BCUT2D eigenvalue weighted by atomic mass is 35.5. The Bertz CT molecular complexity index is 1170. The Kier molecular flexibility index (Phi) is 6.80. The van der Waals surface area contributed by atoms with Crippen LogP contribution in [0, 0.1) is 0 Å². The van der Waals surface area contributed by atoms with Crippen LogP contribution in [0.4, 0.5) is 0 Å². The normalized spacial score (nSPS) is 18.9. The van der Waals surface area contributed by atoms with Crippen molar-refractivity contribution in [2.45, 2.75) is 56.5 Å². The summed E-state index contributed by atoms with van der Waals surface area (Å²) in [6.07, 6.45) is 1.13. The average Bonchev–Trinajstić information content (AvgIpc) is 3.12. The number of halogens is 1. The molecular weight excluding hydrogens is 474 g/mol. The molecule has 0 unspecified atom stereocenters. The first-order valence-electron chi connectivity index (χ1n) is 11.2. The maximum absolute atomic E-state index is 13.3. The fourth-order valence-electron chi connectivity index (χ4n) is 4.14. The summed E-state index contributed by atoms with van der Waals surface area (Å²) in [5.74, 6) is 0.895. The smallest absolute Gasteiger partial charge is 0.243 e. The van der Waals surface area contributed by atoms with Crippen molar-refractivity contribution >= 4 is 44.1 Å². The third-order valence-corrected chi connectivity index (χ3v) is 9.12. The molecule has 0 N–H and O–H groups in total.